The first kappa shape index (κ1) is 29.4. The minimum atomic E-state index is 0. The Bertz CT molecular complexity index is 2430. The Morgan fingerprint density at radius 1 is 0.609 bits per heavy atom. The molecule has 9 aromatic rings. The Morgan fingerprint density at radius 2 is 1.39 bits per heavy atom. The van der Waals surface area contributed by atoms with Crippen LogP contribution in [-0.2, 0) is 20.1 Å². The minimum Gasteiger partial charge on any atom is -0.455 e. The number of aryl methyl sites for hydroxylation is 1. The van der Waals surface area contributed by atoms with Crippen molar-refractivity contribution in [1.82, 2.24) is 14.5 Å². The van der Waals surface area contributed by atoms with Crippen molar-refractivity contribution in [2.45, 2.75) is 6.92 Å². The molecular weight excluding hydrogens is 743 g/mol. The first-order chi connectivity index (χ1) is 22.2. The van der Waals surface area contributed by atoms with Gasteiger partial charge in [0.1, 0.15) is 11.2 Å². The molecule has 4 heterocycles. The maximum atomic E-state index is 6.39. The van der Waals surface area contributed by atoms with Crippen LogP contribution in [0.2, 0.25) is 0 Å². The molecule has 4 nitrogen and oxygen atoms in total. The van der Waals surface area contributed by atoms with Crippen LogP contribution in [-0.4, -0.2) is 14.5 Å². The molecule has 46 heavy (non-hydrogen) atoms. The zero-order valence-electron chi connectivity index (χ0n) is 24.9. The number of nitrogens with zero attached hydrogens (tertiary/aromatic N) is 3. The summed E-state index contributed by atoms with van der Waals surface area (Å²) in [5, 5.41) is 4.61. The zero-order valence-corrected chi connectivity index (χ0v) is 27.3. The molecule has 0 N–H and O–H groups in total. The molecule has 0 saturated heterocycles. The van der Waals surface area contributed by atoms with Crippen LogP contribution in [0.4, 0.5) is 0 Å². The standard InChI is InChI=1S/C29H17N2O.C12H10N.Ir/c1-3-13-25-23(11-1)28-26(16-15-22-21-10-2-4-14-27(21)32-29(22)28)31(25)20-9-7-8-19(18-20)24-12-5-6-17-30-24;1-10-7-8-12(13-9-10)11-5-3-2-4-6-11;/h1-7,9-18H;2-5,7-9H,1H3;/q2*-1;. The molecule has 9 rings (SSSR count). The second-order valence-corrected chi connectivity index (χ2v) is 11.0. The van der Waals surface area contributed by atoms with E-state index in [0.717, 1.165) is 66.6 Å². The monoisotopic (exact) mass is 770 g/mol. The van der Waals surface area contributed by atoms with Gasteiger partial charge < -0.3 is 19.0 Å². The molecule has 0 amide bonds. The Balaban J connectivity index is 0.000000204. The third kappa shape index (κ3) is 5.30. The van der Waals surface area contributed by atoms with Gasteiger partial charge in [0, 0.05) is 48.7 Å². The Kier molecular flexibility index (Phi) is 8.02. The van der Waals surface area contributed by atoms with Crippen molar-refractivity contribution in [2.75, 3.05) is 0 Å². The van der Waals surface area contributed by atoms with Crippen LogP contribution in [0, 0.1) is 19.1 Å². The fraction of sp³-hybridized carbons (Fsp3) is 0.0244. The van der Waals surface area contributed by atoms with E-state index in [-0.39, 0.29) is 20.1 Å². The van der Waals surface area contributed by atoms with Crippen molar-refractivity contribution >= 4 is 43.7 Å². The van der Waals surface area contributed by atoms with Gasteiger partial charge in [0.05, 0.1) is 16.4 Å². The van der Waals surface area contributed by atoms with E-state index in [1.54, 1.807) is 0 Å². The fourth-order valence-electron chi connectivity index (χ4n) is 5.96. The van der Waals surface area contributed by atoms with E-state index in [1.807, 2.05) is 86.0 Å². The van der Waals surface area contributed by atoms with Crippen molar-refractivity contribution in [3.8, 4) is 28.2 Å². The van der Waals surface area contributed by atoms with Crippen LogP contribution in [0.25, 0.3) is 71.9 Å². The predicted molar refractivity (Wildman–Crippen MR) is 183 cm³/mol. The summed E-state index contributed by atoms with van der Waals surface area (Å²) in [6.45, 7) is 2.03. The summed E-state index contributed by atoms with van der Waals surface area (Å²) in [4.78, 5) is 8.82. The van der Waals surface area contributed by atoms with Gasteiger partial charge in [-0.2, -0.15) is 0 Å². The molecule has 0 aliphatic rings. The normalized spacial score (nSPS) is 11.0. The Morgan fingerprint density at radius 3 is 2.20 bits per heavy atom. The van der Waals surface area contributed by atoms with Crippen molar-refractivity contribution in [1.29, 1.82) is 0 Å². The van der Waals surface area contributed by atoms with Crippen LogP contribution in [0.15, 0.2) is 150 Å². The molecule has 5 aromatic carbocycles. The molecule has 0 aliphatic carbocycles. The molecule has 0 atom stereocenters. The summed E-state index contributed by atoms with van der Waals surface area (Å²) < 4.78 is 8.69. The number of benzene rings is 5. The predicted octanol–water partition coefficient (Wildman–Crippen LogP) is 10.4. The van der Waals surface area contributed by atoms with Crippen molar-refractivity contribution in [2.24, 2.45) is 0 Å². The van der Waals surface area contributed by atoms with E-state index in [0.29, 0.717) is 0 Å². The summed E-state index contributed by atoms with van der Waals surface area (Å²) >= 11 is 0. The van der Waals surface area contributed by atoms with Crippen LogP contribution in [0.3, 0.4) is 0 Å². The van der Waals surface area contributed by atoms with Crippen molar-refractivity contribution in [3.63, 3.8) is 0 Å². The number of rotatable bonds is 3. The second-order valence-electron chi connectivity index (χ2n) is 11.0. The maximum Gasteiger partial charge on any atom is 0.145 e. The average Bonchev–Trinajstić information content (AvgIpc) is 3.66. The van der Waals surface area contributed by atoms with E-state index < -0.39 is 0 Å². The van der Waals surface area contributed by atoms with Crippen LogP contribution >= 0.6 is 0 Å². The van der Waals surface area contributed by atoms with E-state index in [4.69, 9.17) is 4.42 Å². The minimum absolute atomic E-state index is 0. The van der Waals surface area contributed by atoms with Crippen molar-refractivity contribution in [3.05, 3.63) is 164 Å². The van der Waals surface area contributed by atoms with Gasteiger partial charge >= 0.3 is 0 Å². The van der Waals surface area contributed by atoms with Crippen LogP contribution < -0.4 is 0 Å². The summed E-state index contributed by atoms with van der Waals surface area (Å²) in [6.07, 6.45) is 3.69. The number of furan rings is 1. The van der Waals surface area contributed by atoms with E-state index in [2.05, 4.69) is 93.4 Å². The Labute approximate surface area is 280 Å². The summed E-state index contributed by atoms with van der Waals surface area (Å²) in [6, 6.07) is 51.7. The maximum absolute atomic E-state index is 6.39. The van der Waals surface area contributed by atoms with Gasteiger partial charge in [-0.1, -0.05) is 60.7 Å². The second kappa shape index (κ2) is 12.6. The fourth-order valence-corrected chi connectivity index (χ4v) is 5.96. The number of hydrogen-bond donors (Lipinski definition) is 0. The third-order valence-electron chi connectivity index (χ3n) is 8.06. The average molecular weight is 770 g/mol. The van der Waals surface area contributed by atoms with Gasteiger partial charge in [-0.25, -0.2) is 0 Å². The van der Waals surface area contributed by atoms with E-state index in [9.17, 15) is 0 Å². The number of fused-ring (bicyclic) bond motifs is 7. The molecule has 223 valence electrons. The van der Waals surface area contributed by atoms with Gasteiger partial charge in [-0.05, 0) is 59.9 Å². The molecule has 5 heteroatoms. The van der Waals surface area contributed by atoms with Crippen LogP contribution in [0.1, 0.15) is 5.56 Å². The molecule has 0 fully saturated rings. The third-order valence-corrected chi connectivity index (χ3v) is 8.06. The molecule has 0 unspecified atom stereocenters. The van der Waals surface area contributed by atoms with Gasteiger partial charge in [0.15, 0.2) is 0 Å². The van der Waals surface area contributed by atoms with Gasteiger partial charge in [0.2, 0.25) is 0 Å². The van der Waals surface area contributed by atoms with Crippen molar-refractivity contribution < 1.29 is 24.5 Å². The zero-order chi connectivity index (χ0) is 30.2. The topological polar surface area (TPSA) is 43.9 Å². The smallest absolute Gasteiger partial charge is 0.145 e. The largest absolute Gasteiger partial charge is 0.455 e. The van der Waals surface area contributed by atoms with Gasteiger partial charge in [-0.15, -0.1) is 65.7 Å². The molecule has 0 aliphatic heterocycles. The molecule has 0 saturated carbocycles. The summed E-state index contributed by atoms with van der Waals surface area (Å²) in [5.74, 6) is 0. The molecule has 0 spiro atoms. The first-order valence-corrected chi connectivity index (χ1v) is 14.9. The number of para-hydroxylation sites is 2. The molecule has 0 bridgehead atoms. The summed E-state index contributed by atoms with van der Waals surface area (Å²) in [5.41, 5.74) is 10.3. The van der Waals surface area contributed by atoms with Gasteiger partial charge in [-0.3, -0.25) is 0 Å². The summed E-state index contributed by atoms with van der Waals surface area (Å²) in [7, 11) is 0. The van der Waals surface area contributed by atoms with Gasteiger partial charge in [0.25, 0.3) is 0 Å². The van der Waals surface area contributed by atoms with E-state index >= 15 is 0 Å². The molecule has 1 radical (unpaired) electrons. The SMILES string of the molecule is Cc1ccc(-c2[c-]cccc2)nc1.[Ir].[c-]1ccc(-n2c3ccccc3c3c4oc5ccccc5c4ccc32)cc1-c1ccccn1. The first-order valence-electron chi connectivity index (χ1n) is 14.9. The van der Waals surface area contributed by atoms with Crippen LogP contribution in [0.5, 0.6) is 0 Å². The Hall–Kier alpha value is -5.35. The quantitative estimate of drug-likeness (QED) is 0.168. The number of aromatic nitrogens is 3. The molecule has 4 aromatic heterocycles. The molecular formula is C41H27IrN3O-2. The number of pyridine rings is 2. The number of hydrogen-bond acceptors (Lipinski definition) is 3. The van der Waals surface area contributed by atoms with E-state index in [1.165, 1.54) is 10.9 Å².